The number of aromatic nitrogens is 4. The van der Waals surface area contributed by atoms with Gasteiger partial charge in [-0.2, -0.15) is 0 Å². The van der Waals surface area contributed by atoms with Crippen molar-refractivity contribution in [3.63, 3.8) is 0 Å². The Morgan fingerprint density at radius 2 is 2.00 bits per heavy atom. The summed E-state index contributed by atoms with van der Waals surface area (Å²) in [5.74, 6) is -1.12. The molecule has 5 nitrogen and oxygen atoms in total. The van der Waals surface area contributed by atoms with Crippen molar-refractivity contribution in [3.8, 4) is 5.69 Å². The molecule has 0 saturated carbocycles. The van der Waals surface area contributed by atoms with Crippen LogP contribution in [0.2, 0.25) is 5.71 Å². The summed E-state index contributed by atoms with van der Waals surface area (Å²) < 4.78 is 41.0. The Kier molecular flexibility index (Phi) is 4.02. The standard InChI is InChI=1S/C14H12AsF3N5/c1-15-11-10-12(22-13(21-11)14(16,17)18)23(7-20-10)9-5-3-4-8(6-9)19-2/h3-7,19H,1-2H3. The van der Waals surface area contributed by atoms with E-state index in [0.29, 0.717) is 15.7 Å². The van der Waals surface area contributed by atoms with Gasteiger partial charge in [0.15, 0.2) is 0 Å². The second-order valence-electron chi connectivity index (χ2n) is 4.68. The predicted molar refractivity (Wildman–Crippen MR) is 82.5 cm³/mol. The van der Waals surface area contributed by atoms with Crippen LogP contribution < -0.4 is 9.80 Å². The van der Waals surface area contributed by atoms with Crippen LogP contribution in [0.4, 0.5) is 18.9 Å². The fraction of sp³-hybridized carbons (Fsp3) is 0.214. The van der Waals surface area contributed by atoms with Crippen molar-refractivity contribution in [2.24, 2.45) is 0 Å². The van der Waals surface area contributed by atoms with Gasteiger partial charge in [0.2, 0.25) is 0 Å². The van der Waals surface area contributed by atoms with Crippen molar-refractivity contribution in [3.05, 3.63) is 36.4 Å². The maximum atomic E-state index is 13.0. The number of rotatable bonds is 3. The SMILES string of the molecule is CNc1cccc(-n2cnc3c([As]C)nc(C(F)(F)F)nc32)c1. The van der Waals surface area contributed by atoms with E-state index in [-0.39, 0.29) is 5.65 Å². The number of alkyl halides is 3. The molecule has 2 aromatic heterocycles. The summed E-state index contributed by atoms with van der Waals surface area (Å²) in [6.45, 7) is 0. The zero-order chi connectivity index (χ0) is 16.6. The molecule has 0 saturated heterocycles. The number of fused-ring (bicyclic) bond motifs is 1. The first kappa shape index (κ1) is 15.8. The molecule has 1 radical (unpaired) electrons. The van der Waals surface area contributed by atoms with Crippen LogP contribution in [0.1, 0.15) is 5.82 Å². The Hall–Kier alpha value is -2.08. The Morgan fingerprint density at radius 1 is 1.22 bits per heavy atom. The Bertz CT molecular complexity index is 859. The van der Waals surface area contributed by atoms with Crippen LogP contribution >= 0.6 is 0 Å². The van der Waals surface area contributed by atoms with E-state index < -0.39 is 27.8 Å². The minimum absolute atomic E-state index is 0.174. The van der Waals surface area contributed by atoms with Gasteiger partial charge in [0, 0.05) is 0 Å². The summed E-state index contributed by atoms with van der Waals surface area (Å²) in [5.41, 5.74) is 3.96. The van der Waals surface area contributed by atoms with Gasteiger partial charge in [-0.3, -0.25) is 0 Å². The van der Waals surface area contributed by atoms with E-state index in [0.717, 1.165) is 5.69 Å². The van der Waals surface area contributed by atoms with Gasteiger partial charge in [-0.25, -0.2) is 0 Å². The Balaban J connectivity index is 2.26. The molecule has 1 aromatic carbocycles. The number of hydrogen-bond donors (Lipinski definition) is 1. The average Bonchev–Trinajstić information content (AvgIpc) is 2.97. The molecule has 0 aliphatic rings. The summed E-state index contributed by atoms with van der Waals surface area (Å²) in [5, 5.41) is 2.99. The van der Waals surface area contributed by atoms with Crippen molar-refractivity contribution in [2.45, 2.75) is 11.9 Å². The number of hydrogen-bond acceptors (Lipinski definition) is 4. The molecule has 0 bridgehead atoms. The van der Waals surface area contributed by atoms with Crippen LogP contribution in [0, 0.1) is 0 Å². The topological polar surface area (TPSA) is 55.6 Å². The number of nitrogens with zero attached hydrogens (tertiary/aromatic N) is 4. The zero-order valence-corrected chi connectivity index (χ0v) is 14.1. The summed E-state index contributed by atoms with van der Waals surface area (Å²) in [6, 6.07) is 7.28. The number of imidazole rings is 1. The van der Waals surface area contributed by atoms with Gasteiger partial charge in [-0.1, -0.05) is 0 Å². The van der Waals surface area contributed by atoms with Gasteiger partial charge >= 0.3 is 136 Å². The van der Waals surface area contributed by atoms with Gasteiger partial charge < -0.3 is 0 Å². The third-order valence-electron chi connectivity index (χ3n) is 3.26. The second kappa shape index (κ2) is 5.85. The molecule has 0 unspecified atom stereocenters. The summed E-state index contributed by atoms with van der Waals surface area (Å²) in [6.07, 6.45) is -3.10. The first-order chi connectivity index (χ1) is 10.9. The first-order valence-corrected chi connectivity index (χ1v) is 9.46. The summed E-state index contributed by atoms with van der Waals surface area (Å²) in [7, 11) is 1.77. The molecule has 0 aliphatic heterocycles. The van der Waals surface area contributed by atoms with E-state index in [4.69, 9.17) is 0 Å². The van der Waals surface area contributed by atoms with E-state index in [2.05, 4.69) is 20.3 Å². The molecular weight excluding hydrogens is 370 g/mol. The number of halogens is 3. The molecule has 9 heteroatoms. The van der Waals surface area contributed by atoms with Gasteiger partial charge in [-0.05, 0) is 0 Å². The number of benzene rings is 1. The van der Waals surface area contributed by atoms with Gasteiger partial charge in [-0.15, -0.1) is 0 Å². The normalized spacial score (nSPS) is 12.4. The van der Waals surface area contributed by atoms with E-state index in [1.165, 1.54) is 6.33 Å². The molecule has 0 amide bonds. The molecule has 23 heavy (non-hydrogen) atoms. The fourth-order valence-corrected chi connectivity index (χ4v) is 3.35. The maximum absolute atomic E-state index is 13.0. The molecule has 1 N–H and O–H groups in total. The molecule has 0 aliphatic carbocycles. The monoisotopic (exact) mass is 382 g/mol. The fourth-order valence-electron chi connectivity index (χ4n) is 2.17. The van der Waals surface area contributed by atoms with Crippen molar-refractivity contribution in [2.75, 3.05) is 12.4 Å². The summed E-state index contributed by atoms with van der Waals surface area (Å²) in [4.78, 5) is 11.6. The van der Waals surface area contributed by atoms with Crippen molar-refractivity contribution >= 4 is 37.1 Å². The van der Waals surface area contributed by atoms with Crippen LogP contribution in [-0.4, -0.2) is 42.3 Å². The van der Waals surface area contributed by atoms with Gasteiger partial charge in [0.25, 0.3) is 0 Å². The average molecular weight is 382 g/mol. The molecule has 3 rings (SSSR count). The van der Waals surface area contributed by atoms with Crippen molar-refractivity contribution in [1.29, 1.82) is 0 Å². The molecule has 0 atom stereocenters. The van der Waals surface area contributed by atoms with Crippen LogP contribution in [-0.2, 0) is 6.18 Å². The van der Waals surface area contributed by atoms with E-state index in [1.54, 1.807) is 17.7 Å². The first-order valence-electron chi connectivity index (χ1n) is 6.64. The van der Waals surface area contributed by atoms with E-state index >= 15 is 0 Å². The summed E-state index contributed by atoms with van der Waals surface area (Å²) >= 11 is -0.515. The molecule has 0 fully saturated rings. The second-order valence-corrected chi connectivity index (χ2v) is 6.51. The van der Waals surface area contributed by atoms with E-state index in [1.807, 2.05) is 23.9 Å². The van der Waals surface area contributed by atoms with Gasteiger partial charge in [0.05, 0.1) is 0 Å². The molecule has 119 valence electrons. The van der Waals surface area contributed by atoms with Crippen LogP contribution in [0.15, 0.2) is 30.6 Å². The minimum atomic E-state index is -4.58. The molecule has 2 heterocycles. The number of nitrogens with one attached hydrogen (secondary N) is 1. The Labute approximate surface area is 136 Å². The zero-order valence-electron chi connectivity index (χ0n) is 12.3. The van der Waals surface area contributed by atoms with Crippen LogP contribution in [0.3, 0.4) is 0 Å². The van der Waals surface area contributed by atoms with Crippen molar-refractivity contribution < 1.29 is 13.2 Å². The van der Waals surface area contributed by atoms with Crippen molar-refractivity contribution in [1.82, 2.24) is 19.5 Å². The van der Waals surface area contributed by atoms with E-state index in [9.17, 15) is 13.2 Å². The predicted octanol–water partition coefficient (Wildman–Crippen LogP) is 2.25. The number of anilines is 1. The van der Waals surface area contributed by atoms with Crippen LogP contribution in [0.25, 0.3) is 16.9 Å². The van der Waals surface area contributed by atoms with Gasteiger partial charge in [0.1, 0.15) is 0 Å². The quantitative estimate of drug-likeness (QED) is 0.707. The third-order valence-corrected chi connectivity index (χ3v) is 4.80. The van der Waals surface area contributed by atoms with Crippen LogP contribution in [0.5, 0.6) is 0 Å². The molecule has 3 aromatic rings. The Morgan fingerprint density at radius 3 is 2.65 bits per heavy atom. The third kappa shape index (κ3) is 2.91. The molecular formula is C14H12AsF3N5. The molecule has 0 spiro atoms.